The zero-order valence-electron chi connectivity index (χ0n) is 67.6. The van der Waals surface area contributed by atoms with Crippen molar-refractivity contribution in [3.05, 3.63) is 0 Å². The van der Waals surface area contributed by atoms with Gasteiger partial charge in [0.05, 0.1) is 26.4 Å². The van der Waals surface area contributed by atoms with Crippen molar-refractivity contribution in [2.75, 3.05) is 39.6 Å². The zero-order valence-corrected chi connectivity index (χ0v) is 69.4. The molecular weight excluding hydrogens is 1340 g/mol. The van der Waals surface area contributed by atoms with E-state index in [2.05, 4.69) is 41.5 Å². The third-order valence-electron chi connectivity index (χ3n) is 19.7. The second-order valence-electron chi connectivity index (χ2n) is 31.2. The Morgan fingerprint density at radius 3 is 0.660 bits per heavy atom. The molecule has 103 heavy (non-hydrogen) atoms. The normalized spacial score (nSPS) is 13.9. The van der Waals surface area contributed by atoms with Crippen molar-refractivity contribution >= 4 is 39.5 Å². The van der Waals surface area contributed by atoms with Crippen molar-refractivity contribution in [1.29, 1.82) is 0 Å². The van der Waals surface area contributed by atoms with E-state index in [-0.39, 0.29) is 25.7 Å². The lowest BCUT2D eigenvalue weighted by Gasteiger charge is -2.21. The van der Waals surface area contributed by atoms with Crippen LogP contribution in [0.5, 0.6) is 0 Å². The first kappa shape index (κ1) is 101. The van der Waals surface area contributed by atoms with Gasteiger partial charge in [-0.3, -0.25) is 37.3 Å². The Kier molecular flexibility index (Phi) is 74.1. The SMILES string of the molecule is CCCCCCCCCCCCCCCCCCCCCCC(=O)O[C@H](COC(=O)CCCCCCCCCCCCCCCC(C)C)COP(=O)(O)OC[C@@H](O)COP(=O)(O)OC[C@@H](COC(=O)CCCCCCCCCCC(C)C)OC(=O)CCCCCCCCCCCCCCCCCC. The van der Waals surface area contributed by atoms with Gasteiger partial charge in [-0.05, 0) is 37.5 Å². The van der Waals surface area contributed by atoms with Gasteiger partial charge in [-0.15, -0.1) is 0 Å². The van der Waals surface area contributed by atoms with Crippen LogP contribution in [-0.2, 0) is 65.4 Å². The molecule has 0 amide bonds. The number of carbonyl (C=O) groups is 4. The lowest BCUT2D eigenvalue weighted by molar-refractivity contribution is -0.161. The van der Waals surface area contributed by atoms with Crippen molar-refractivity contribution in [2.45, 2.75) is 464 Å². The molecule has 0 radical (unpaired) electrons. The number of hydrogen-bond donors (Lipinski definition) is 3. The van der Waals surface area contributed by atoms with Crippen LogP contribution in [0.3, 0.4) is 0 Å². The monoisotopic (exact) mass is 1510 g/mol. The number of phosphoric acid groups is 2. The third kappa shape index (κ3) is 78.0. The molecule has 2 unspecified atom stereocenters. The van der Waals surface area contributed by atoms with Crippen LogP contribution in [0.15, 0.2) is 0 Å². The molecule has 17 nitrogen and oxygen atoms in total. The fourth-order valence-corrected chi connectivity index (χ4v) is 14.6. The minimum Gasteiger partial charge on any atom is -0.462 e. The highest BCUT2D eigenvalue weighted by Gasteiger charge is 2.30. The number of rotatable bonds is 83. The van der Waals surface area contributed by atoms with Crippen molar-refractivity contribution < 1.29 is 80.2 Å². The highest BCUT2D eigenvalue weighted by Crippen LogP contribution is 2.45. The highest BCUT2D eigenvalue weighted by atomic mass is 31.2. The Labute approximate surface area is 632 Å². The van der Waals surface area contributed by atoms with Crippen LogP contribution in [0, 0.1) is 11.8 Å². The van der Waals surface area contributed by atoms with E-state index in [1.807, 2.05) is 0 Å². The van der Waals surface area contributed by atoms with Crippen LogP contribution in [-0.4, -0.2) is 96.7 Å². The third-order valence-corrected chi connectivity index (χ3v) is 21.6. The maximum atomic E-state index is 13.1. The topological polar surface area (TPSA) is 237 Å². The molecule has 0 saturated carbocycles. The Morgan fingerprint density at radius 2 is 0.447 bits per heavy atom. The predicted molar refractivity (Wildman–Crippen MR) is 423 cm³/mol. The van der Waals surface area contributed by atoms with Gasteiger partial charge in [0.2, 0.25) is 0 Å². The molecule has 19 heteroatoms. The number of carbonyl (C=O) groups excluding carboxylic acids is 4. The zero-order chi connectivity index (χ0) is 75.6. The van der Waals surface area contributed by atoms with Crippen LogP contribution < -0.4 is 0 Å². The quantitative estimate of drug-likeness (QED) is 0.0222. The fraction of sp³-hybridized carbons (Fsp3) is 0.952. The average molecular weight is 1510 g/mol. The summed E-state index contributed by atoms with van der Waals surface area (Å²) < 4.78 is 68.8. The Morgan fingerprint density at radius 1 is 0.262 bits per heavy atom. The maximum absolute atomic E-state index is 13.1. The van der Waals surface area contributed by atoms with E-state index in [9.17, 15) is 43.2 Å². The number of aliphatic hydroxyl groups excluding tert-OH is 1. The standard InChI is InChI=1S/C84H164O17P2/c1-7-9-11-13-15-17-19-21-23-25-26-27-28-30-34-39-43-51-57-63-69-83(88)100-79(72-94-81(86)66-60-54-48-41-37-35-31-32-36-40-46-52-58-64-76(3)4)74-98-102(90,91)96-70-78(85)71-97-103(92,93)99-75-80(73-95-82(87)67-61-55-49-45-44-47-53-59-65-77(5)6)101-84(89)68-62-56-50-42-38-33-29-24-22-20-18-16-14-12-10-8-2/h76-80,85H,7-75H2,1-6H3,(H,90,91)(H,92,93)/t78-,79-,80-/m1/s1. The Hall–Kier alpha value is -1.94. The molecule has 0 rings (SSSR count). The first-order valence-corrected chi connectivity index (χ1v) is 46.5. The van der Waals surface area contributed by atoms with Gasteiger partial charge in [-0.25, -0.2) is 9.13 Å². The minimum atomic E-state index is -4.96. The van der Waals surface area contributed by atoms with Gasteiger partial charge in [0.25, 0.3) is 0 Å². The molecule has 0 aliphatic rings. The van der Waals surface area contributed by atoms with Crippen molar-refractivity contribution in [2.24, 2.45) is 11.8 Å². The molecule has 5 atom stereocenters. The van der Waals surface area contributed by atoms with Gasteiger partial charge < -0.3 is 33.8 Å². The molecule has 0 saturated heterocycles. The second kappa shape index (κ2) is 75.5. The summed E-state index contributed by atoms with van der Waals surface area (Å²) in [6.07, 6.45) is 66.6. The molecule has 0 spiro atoms. The van der Waals surface area contributed by atoms with Crippen LogP contribution in [0.25, 0.3) is 0 Å². The lowest BCUT2D eigenvalue weighted by atomic mass is 10.0. The Bertz CT molecular complexity index is 1980. The summed E-state index contributed by atoms with van der Waals surface area (Å²) in [6.45, 7) is 9.65. The summed E-state index contributed by atoms with van der Waals surface area (Å²) in [7, 11) is -9.93. The number of aliphatic hydroxyl groups is 1. The molecular formula is C84H164O17P2. The second-order valence-corrected chi connectivity index (χ2v) is 34.1. The van der Waals surface area contributed by atoms with Gasteiger partial charge in [0.15, 0.2) is 12.2 Å². The van der Waals surface area contributed by atoms with E-state index in [0.717, 1.165) is 102 Å². The van der Waals surface area contributed by atoms with E-state index in [1.165, 1.54) is 263 Å². The van der Waals surface area contributed by atoms with Crippen molar-refractivity contribution in [3.8, 4) is 0 Å². The summed E-state index contributed by atoms with van der Waals surface area (Å²) in [6, 6.07) is 0. The molecule has 0 heterocycles. The number of unbranched alkanes of at least 4 members (excludes halogenated alkanes) is 53. The average Bonchev–Trinajstić information content (AvgIpc) is 0.918. The van der Waals surface area contributed by atoms with Crippen LogP contribution >= 0.6 is 15.6 Å². The smallest absolute Gasteiger partial charge is 0.462 e. The van der Waals surface area contributed by atoms with Crippen LogP contribution in [0.1, 0.15) is 446 Å². The minimum absolute atomic E-state index is 0.108. The summed E-state index contributed by atoms with van der Waals surface area (Å²) in [5, 5.41) is 10.7. The molecule has 3 N–H and O–H groups in total. The molecule has 0 aromatic carbocycles. The molecule has 0 aliphatic carbocycles. The van der Waals surface area contributed by atoms with Gasteiger partial charge in [-0.2, -0.15) is 0 Å². The van der Waals surface area contributed by atoms with Crippen molar-refractivity contribution in [1.82, 2.24) is 0 Å². The summed E-state index contributed by atoms with van der Waals surface area (Å²) in [5.74, 6) is -0.587. The van der Waals surface area contributed by atoms with Gasteiger partial charge in [0, 0.05) is 25.7 Å². The predicted octanol–water partition coefficient (Wildman–Crippen LogP) is 25.5. The number of phosphoric ester groups is 2. The first-order chi connectivity index (χ1) is 49.9. The van der Waals surface area contributed by atoms with E-state index >= 15 is 0 Å². The summed E-state index contributed by atoms with van der Waals surface area (Å²) in [4.78, 5) is 73.2. The number of esters is 4. The van der Waals surface area contributed by atoms with Gasteiger partial charge in [0.1, 0.15) is 19.3 Å². The van der Waals surface area contributed by atoms with Gasteiger partial charge in [-0.1, -0.05) is 395 Å². The first-order valence-electron chi connectivity index (χ1n) is 43.5. The van der Waals surface area contributed by atoms with E-state index < -0.39 is 97.5 Å². The highest BCUT2D eigenvalue weighted by molar-refractivity contribution is 7.47. The van der Waals surface area contributed by atoms with Crippen LogP contribution in [0.2, 0.25) is 0 Å². The molecule has 0 fully saturated rings. The molecule has 0 aliphatic heterocycles. The van der Waals surface area contributed by atoms with E-state index in [0.29, 0.717) is 25.7 Å². The summed E-state index contributed by atoms with van der Waals surface area (Å²) in [5.41, 5.74) is 0. The number of hydrogen-bond acceptors (Lipinski definition) is 15. The molecule has 0 aromatic heterocycles. The lowest BCUT2D eigenvalue weighted by Crippen LogP contribution is -2.30. The summed E-state index contributed by atoms with van der Waals surface area (Å²) >= 11 is 0. The van der Waals surface area contributed by atoms with Crippen LogP contribution in [0.4, 0.5) is 0 Å². The molecule has 0 aromatic rings. The van der Waals surface area contributed by atoms with Crippen molar-refractivity contribution in [3.63, 3.8) is 0 Å². The Balaban J connectivity index is 5.24. The molecule has 0 bridgehead atoms. The molecule has 612 valence electrons. The van der Waals surface area contributed by atoms with E-state index in [4.69, 9.17) is 37.0 Å². The largest absolute Gasteiger partial charge is 0.472 e. The number of ether oxygens (including phenoxy) is 4. The van der Waals surface area contributed by atoms with E-state index in [1.54, 1.807) is 0 Å². The maximum Gasteiger partial charge on any atom is 0.472 e. The fourth-order valence-electron chi connectivity index (χ4n) is 13.1. The van der Waals surface area contributed by atoms with Gasteiger partial charge >= 0.3 is 39.5 Å².